The molecule has 0 atom stereocenters. The van der Waals surface area contributed by atoms with Crippen molar-refractivity contribution in [1.82, 2.24) is 10.7 Å². The zero-order valence-corrected chi connectivity index (χ0v) is 11.8. The van der Waals surface area contributed by atoms with Crippen molar-refractivity contribution in [1.29, 1.82) is 0 Å². The summed E-state index contributed by atoms with van der Waals surface area (Å²) in [7, 11) is 1.22. The Morgan fingerprint density at radius 2 is 2.30 bits per heavy atom. The van der Waals surface area contributed by atoms with Crippen LogP contribution in [0.2, 0.25) is 0 Å². The summed E-state index contributed by atoms with van der Waals surface area (Å²) in [6.07, 6.45) is 1.06. The van der Waals surface area contributed by atoms with Gasteiger partial charge in [0.05, 0.1) is 16.9 Å². The number of thioether (sulfide) groups is 1. The molecular weight excluding hydrogens is 302 g/mol. The van der Waals surface area contributed by atoms with Gasteiger partial charge in [0.25, 0.3) is 11.8 Å². The molecule has 2 amide bonds. The summed E-state index contributed by atoms with van der Waals surface area (Å²) in [4.78, 5) is 34.8. The number of amidine groups is 1. The summed E-state index contributed by atoms with van der Waals surface area (Å²) >= 11 is 2.22. The monoisotopic (exact) mass is 311 g/mol. The van der Waals surface area contributed by atoms with Crippen LogP contribution in [0.4, 0.5) is 0 Å². The molecule has 104 valence electrons. The minimum atomic E-state index is -0.633. The largest absolute Gasteiger partial charge is 0.466 e. The van der Waals surface area contributed by atoms with Gasteiger partial charge in [-0.05, 0) is 23.2 Å². The van der Waals surface area contributed by atoms with E-state index in [0.717, 1.165) is 17.8 Å². The Morgan fingerprint density at radius 3 is 2.95 bits per heavy atom. The highest BCUT2D eigenvalue weighted by Crippen LogP contribution is 2.23. The van der Waals surface area contributed by atoms with Crippen LogP contribution in [0.25, 0.3) is 0 Å². The molecule has 0 saturated carbocycles. The van der Waals surface area contributed by atoms with E-state index in [2.05, 4.69) is 20.6 Å². The van der Waals surface area contributed by atoms with Crippen molar-refractivity contribution in [2.75, 3.05) is 7.11 Å². The summed E-state index contributed by atoms with van der Waals surface area (Å²) < 4.78 is 4.43. The summed E-state index contributed by atoms with van der Waals surface area (Å²) in [6.45, 7) is 0. The SMILES string of the molecule is COC(=O)/C=C1/S/C(=N/NC(=O)c2cccs2)NC1=O. The second-order valence-electron chi connectivity index (χ2n) is 3.42. The molecule has 0 unspecified atom stereocenters. The third-order valence-corrected chi connectivity index (χ3v) is 3.88. The van der Waals surface area contributed by atoms with E-state index < -0.39 is 11.9 Å². The maximum atomic E-state index is 11.6. The molecule has 0 radical (unpaired) electrons. The molecule has 0 aromatic carbocycles. The number of methoxy groups -OCH3 is 1. The van der Waals surface area contributed by atoms with Crippen molar-refractivity contribution >= 4 is 46.0 Å². The normalized spacial score (nSPS) is 18.1. The Bertz CT molecular complexity index is 607. The second kappa shape index (κ2) is 6.35. The Hall–Kier alpha value is -2.13. The van der Waals surface area contributed by atoms with Gasteiger partial charge < -0.3 is 4.74 Å². The van der Waals surface area contributed by atoms with Gasteiger partial charge >= 0.3 is 5.97 Å². The summed E-state index contributed by atoms with van der Waals surface area (Å²) in [6, 6.07) is 3.40. The first-order chi connectivity index (χ1) is 9.60. The topological polar surface area (TPSA) is 96.9 Å². The number of esters is 1. The third-order valence-electron chi connectivity index (χ3n) is 2.10. The van der Waals surface area contributed by atoms with E-state index in [0.29, 0.717) is 4.88 Å². The average Bonchev–Trinajstić information content (AvgIpc) is 3.07. The maximum Gasteiger partial charge on any atom is 0.331 e. The fourth-order valence-electron chi connectivity index (χ4n) is 1.21. The van der Waals surface area contributed by atoms with Gasteiger partial charge in [-0.3, -0.25) is 14.9 Å². The zero-order chi connectivity index (χ0) is 14.5. The zero-order valence-electron chi connectivity index (χ0n) is 10.2. The van der Waals surface area contributed by atoms with Gasteiger partial charge in [0.2, 0.25) is 0 Å². The summed E-state index contributed by atoms with van der Waals surface area (Å²) in [5, 5.41) is 8.15. The molecule has 0 spiro atoms. The highest BCUT2D eigenvalue weighted by Gasteiger charge is 2.25. The Balaban J connectivity index is 2.00. The van der Waals surface area contributed by atoms with Crippen LogP contribution in [-0.2, 0) is 14.3 Å². The summed E-state index contributed by atoms with van der Waals surface area (Å²) in [5.74, 6) is -1.47. The van der Waals surface area contributed by atoms with Crippen molar-refractivity contribution in [3.8, 4) is 0 Å². The van der Waals surface area contributed by atoms with E-state index in [1.54, 1.807) is 17.5 Å². The molecule has 9 heteroatoms. The fraction of sp³-hybridized carbons (Fsp3) is 0.0909. The first-order valence-corrected chi connectivity index (χ1v) is 7.00. The van der Waals surface area contributed by atoms with Crippen LogP contribution in [0.1, 0.15) is 9.67 Å². The number of nitrogens with zero attached hydrogens (tertiary/aromatic N) is 1. The Kier molecular flexibility index (Phi) is 4.53. The van der Waals surface area contributed by atoms with Gasteiger partial charge in [-0.2, -0.15) is 0 Å². The average molecular weight is 311 g/mol. The van der Waals surface area contributed by atoms with Crippen LogP contribution >= 0.6 is 23.1 Å². The minimum absolute atomic E-state index is 0.154. The molecular formula is C11H9N3O4S2. The van der Waals surface area contributed by atoms with Crippen LogP contribution in [0.3, 0.4) is 0 Å². The minimum Gasteiger partial charge on any atom is -0.466 e. The number of hydrogen-bond acceptors (Lipinski definition) is 7. The lowest BCUT2D eigenvalue weighted by molar-refractivity contribution is -0.135. The number of carbonyl (C=O) groups excluding carboxylic acids is 3. The van der Waals surface area contributed by atoms with Gasteiger partial charge in [0, 0.05) is 6.08 Å². The first-order valence-electron chi connectivity index (χ1n) is 5.30. The molecule has 2 heterocycles. The maximum absolute atomic E-state index is 11.6. The number of carbonyl (C=O) groups is 3. The first kappa shape index (κ1) is 14.3. The lowest BCUT2D eigenvalue weighted by Crippen LogP contribution is -2.24. The van der Waals surface area contributed by atoms with Crippen molar-refractivity contribution < 1.29 is 19.1 Å². The predicted molar refractivity (Wildman–Crippen MR) is 75.1 cm³/mol. The highest BCUT2D eigenvalue weighted by atomic mass is 32.2. The lowest BCUT2D eigenvalue weighted by Gasteiger charge is -1.97. The third kappa shape index (κ3) is 3.45. The smallest absolute Gasteiger partial charge is 0.331 e. The van der Waals surface area contributed by atoms with E-state index in [1.807, 2.05) is 0 Å². The van der Waals surface area contributed by atoms with Gasteiger partial charge in [0.1, 0.15) is 0 Å². The van der Waals surface area contributed by atoms with E-state index in [1.165, 1.54) is 18.4 Å². The molecule has 1 aromatic heterocycles. The standard InChI is InChI=1S/C11H9N3O4S2/c1-18-8(15)5-7-9(16)12-11(20-7)14-13-10(17)6-3-2-4-19-6/h2-5H,1H3,(H,13,17)(H,12,14,16)/b7-5+. The number of thiophene rings is 1. The van der Waals surface area contributed by atoms with Crippen molar-refractivity contribution in [3.63, 3.8) is 0 Å². The number of hydrogen-bond donors (Lipinski definition) is 2. The number of nitrogens with one attached hydrogen (secondary N) is 2. The molecule has 1 saturated heterocycles. The van der Waals surface area contributed by atoms with Crippen LogP contribution in [-0.4, -0.2) is 30.1 Å². The molecule has 1 aliphatic heterocycles. The van der Waals surface area contributed by atoms with E-state index in [-0.39, 0.29) is 16.0 Å². The molecule has 0 aliphatic carbocycles. The number of ether oxygens (including phenoxy) is 1. The molecule has 2 N–H and O–H groups in total. The number of amides is 2. The molecule has 1 aliphatic rings. The molecule has 7 nitrogen and oxygen atoms in total. The molecule has 1 fully saturated rings. The van der Waals surface area contributed by atoms with Crippen LogP contribution in [0.15, 0.2) is 33.6 Å². The van der Waals surface area contributed by atoms with Gasteiger partial charge in [-0.15, -0.1) is 16.4 Å². The molecule has 20 heavy (non-hydrogen) atoms. The predicted octanol–water partition coefficient (Wildman–Crippen LogP) is 0.669. The van der Waals surface area contributed by atoms with E-state index >= 15 is 0 Å². The quantitative estimate of drug-likeness (QED) is 0.486. The van der Waals surface area contributed by atoms with Gasteiger partial charge in [-0.1, -0.05) is 6.07 Å². The van der Waals surface area contributed by atoms with Crippen molar-refractivity contribution in [3.05, 3.63) is 33.4 Å². The van der Waals surface area contributed by atoms with Crippen molar-refractivity contribution in [2.24, 2.45) is 5.10 Å². The van der Waals surface area contributed by atoms with Crippen LogP contribution < -0.4 is 10.7 Å². The molecule has 1 aromatic rings. The lowest BCUT2D eigenvalue weighted by atomic mass is 10.4. The number of rotatable bonds is 3. The summed E-state index contributed by atoms with van der Waals surface area (Å²) in [5.41, 5.74) is 2.32. The van der Waals surface area contributed by atoms with E-state index in [9.17, 15) is 14.4 Å². The molecule has 2 rings (SSSR count). The molecule has 0 bridgehead atoms. The highest BCUT2D eigenvalue weighted by molar-refractivity contribution is 8.18. The van der Waals surface area contributed by atoms with Gasteiger partial charge in [-0.25, -0.2) is 10.2 Å². The van der Waals surface area contributed by atoms with Crippen LogP contribution in [0.5, 0.6) is 0 Å². The Labute approximate surface area is 122 Å². The van der Waals surface area contributed by atoms with Gasteiger partial charge in [0.15, 0.2) is 5.17 Å². The van der Waals surface area contributed by atoms with E-state index in [4.69, 9.17) is 0 Å². The van der Waals surface area contributed by atoms with Crippen LogP contribution in [0, 0.1) is 0 Å². The second-order valence-corrected chi connectivity index (χ2v) is 5.40. The van der Waals surface area contributed by atoms with Crippen molar-refractivity contribution in [2.45, 2.75) is 0 Å². The fourth-order valence-corrected chi connectivity index (χ4v) is 2.57. The number of hydrazone groups is 1. The Morgan fingerprint density at radius 1 is 1.50 bits per heavy atom.